The lowest BCUT2D eigenvalue weighted by Gasteiger charge is -2.32. The Morgan fingerprint density at radius 2 is 1.94 bits per heavy atom. The van der Waals surface area contributed by atoms with Gasteiger partial charge >= 0.3 is 5.97 Å². The third kappa shape index (κ3) is 1.16. The van der Waals surface area contributed by atoms with E-state index in [4.69, 9.17) is 0 Å². The Morgan fingerprint density at radius 3 is 2.67 bits per heavy atom. The molecule has 5 atom stereocenters. The summed E-state index contributed by atoms with van der Waals surface area (Å²) in [4.78, 5) is 11.7. The van der Waals surface area contributed by atoms with Crippen molar-refractivity contribution in [2.45, 2.75) is 31.6 Å². The van der Waals surface area contributed by atoms with Crippen LogP contribution in [0.25, 0.3) is 0 Å². The van der Waals surface area contributed by atoms with E-state index < -0.39 is 5.97 Å². The van der Waals surface area contributed by atoms with E-state index >= 15 is 0 Å². The fourth-order valence-corrected chi connectivity index (χ4v) is 5.33. The van der Waals surface area contributed by atoms with Gasteiger partial charge in [-0.25, -0.2) is 0 Å². The molecule has 0 amide bonds. The van der Waals surface area contributed by atoms with Crippen LogP contribution in [0, 0.1) is 23.2 Å². The number of hydrogen-bond acceptors (Lipinski definition) is 1. The van der Waals surface area contributed by atoms with Crippen LogP contribution in [0.15, 0.2) is 30.3 Å². The zero-order valence-electron chi connectivity index (χ0n) is 10.4. The zero-order valence-corrected chi connectivity index (χ0v) is 10.4. The minimum atomic E-state index is -0.530. The Kier molecular flexibility index (Phi) is 1.98. The van der Waals surface area contributed by atoms with Gasteiger partial charge in [0.05, 0.1) is 5.41 Å². The molecule has 4 aliphatic carbocycles. The Bertz CT molecular complexity index is 495. The van der Waals surface area contributed by atoms with Crippen LogP contribution in [0.1, 0.15) is 37.2 Å². The first-order valence-corrected chi connectivity index (χ1v) is 6.99. The quantitative estimate of drug-likeness (QED) is 0.864. The highest BCUT2D eigenvalue weighted by molar-refractivity contribution is 5.77. The van der Waals surface area contributed by atoms with Gasteiger partial charge in [-0.2, -0.15) is 0 Å². The molecule has 0 heterocycles. The predicted molar refractivity (Wildman–Crippen MR) is 68.2 cm³/mol. The second-order valence-electron chi connectivity index (χ2n) is 6.51. The molecule has 1 aromatic carbocycles. The summed E-state index contributed by atoms with van der Waals surface area (Å²) in [5.74, 6) is 1.66. The predicted octanol–water partition coefficient (Wildman–Crippen LogP) is 3.29. The maximum atomic E-state index is 11.7. The average Bonchev–Trinajstić information content (AvgIpc) is 2.76. The third-order valence-electron chi connectivity index (χ3n) is 5.76. The SMILES string of the molecule is O=C(O)C12CC3CC(C1)C(c1ccccc1)C2C3. The Morgan fingerprint density at radius 1 is 1.17 bits per heavy atom. The van der Waals surface area contributed by atoms with Crippen molar-refractivity contribution >= 4 is 5.97 Å². The molecule has 0 aliphatic heterocycles. The van der Waals surface area contributed by atoms with Crippen LogP contribution in [-0.2, 0) is 4.79 Å². The summed E-state index contributed by atoms with van der Waals surface area (Å²) in [6.07, 6.45) is 4.25. The lowest BCUT2D eigenvalue weighted by atomic mass is 9.73. The van der Waals surface area contributed by atoms with Gasteiger partial charge in [-0.3, -0.25) is 4.79 Å². The summed E-state index contributed by atoms with van der Waals surface area (Å²) >= 11 is 0. The van der Waals surface area contributed by atoms with E-state index in [1.807, 2.05) is 6.07 Å². The standard InChI is InChI=1S/C16H18O2/c17-15(18)16-8-10-6-12(9-16)14(13(16)7-10)11-4-2-1-3-5-11/h1-5,10,12-14H,6-9H2,(H,17,18). The van der Waals surface area contributed by atoms with Crippen LogP contribution in [0.3, 0.4) is 0 Å². The highest BCUT2D eigenvalue weighted by Gasteiger charge is 2.66. The largest absolute Gasteiger partial charge is 0.481 e. The van der Waals surface area contributed by atoms with Crippen molar-refractivity contribution in [3.8, 4) is 0 Å². The van der Waals surface area contributed by atoms with Crippen LogP contribution in [-0.4, -0.2) is 11.1 Å². The summed E-state index contributed by atoms with van der Waals surface area (Å²) in [6.45, 7) is 0. The van der Waals surface area contributed by atoms with Crippen molar-refractivity contribution in [2.24, 2.45) is 23.2 Å². The molecule has 18 heavy (non-hydrogen) atoms. The maximum Gasteiger partial charge on any atom is 0.309 e. The topological polar surface area (TPSA) is 37.3 Å². The number of hydrogen-bond donors (Lipinski definition) is 1. The van der Waals surface area contributed by atoms with E-state index in [1.165, 1.54) is 12.0 Å². The van der Waals surface area contributed by atoms with Crippen molar-refractivity contribution in [3.05, 3.63) is 35.9 Å². The van der Waals surface area contributed by atoms with Crippen molar-refractivity contribution in [1.82, 2.24) is 0 Å². The molecule has 0 aromatic heterocycles. The minimum Gasteiger partial charge on any atom is -0.481 e. The van der Waals surface area contributed by atoms with E-state index in [2.05, 4.69) is 24.3 Å². The number of benzene rings is 1. The molecule has 0 spiro atoms. The molecule has 4 bridgehead atoms. The minimum absolute atomic E-state index is 0.381. The average molecular weight is 242 g/mol. The Balaban J connectivity index is 1.78. The molecule has 0 radical (unpaired) electrons. The summed E-state index contributed by atoms with van der Waals surface area (Å²) < 4.78 is 0. The van der Waals surface area contributed by atoms with Gasteiger partial charge in [-0.15, -0.1) is 0 Å². The van der Waals surface area contributed by atoms with Crippen molar-refractivity contribution < 1.29 is 9.90 Å². The molecule has 2 nitrogen and oxygen atoms in total. The fraction of sp³-hybridized carbons (Fsp3) is 0.562. The molecule has 1 N–H and O–H groups in total. The molecular formula is C16H18O2. The van der Waals surface area contributed by atoms with Crippen LogP contribution in [0.2, 0.25) is 0 Å². The molecular weight excluding hydrogens is 224 g/mol. The number of carboxylic acid groups (broad SMARTS) is 1. The number of rotatable bonds is 2. The number of aliphatic carboxylic acids is 1. The van der Waals surface area contributed by atoms with Gasteiger partial charge in [0.15, 0.2) is 0 Å². The van der Waals surface area contributed by atoms with E-state index in [0.717, 1.165) is 19.3 Å². The van der Waals surface area contributed by atoms with Crippen molar-refractivity contribution in [1.29, 1.82) is 0 Å². The van der Waals surface area contributed by atoms with E-state index in [-0.39, 0.29) is 5.41 Å². The molecule has 4 saturated carbocycles. The molecule has 94 valence electrons. The number of carboxylic acids is 1. The molecule has 0 saturated heterocycles. The first kappa shape index (κ1) is 10.6. The first-order valence-electron chi connectivity index (χ1n) is 6.99. The second kappa shape index (κ2) is 3.37. The Labute approximate surface area is 107 Å². The van der Waals surface area contributed by atoms with E-state index in [9.17, 15) is 9.90 Å². The highest BCUT2D eigenvalue weighted by atomic mass is 16.4. The summed E-state index contributed by atoms with van der Waals surface area (Å²) in [6, 6.07) is 10.6. The van der Waals surface area contributed by atoms with Crippen LogP contribution >= 0.6 is 0 Å². The van der Waals surface area contributed by atoms with Crippen LogP contribution in [0.4, 0.5) is 0 Å². The molecule has 5 unspecified atom stereocenters. The van der Waals surface area contributed by atoms with Gasteiger partial charge < -0.3 is 5.11 Å². The molecule has 1 aromatic rings. The summed E-state index contributed by atoms with van der Waals surface area (Å²) in [5.41, 5.74) is 0.990. The normalized spacial score (nSPS) is 44.4. The van der Waals surface area contributed by atoms with E-state index in [0.29, 0.717) is 23.7 Å². The zero-order chi connectivity index (χ0) is 12.3. The highest BCUT2D eigenvalue weighted by Crippen LogP contribution is 2.70. The number of carbonyl (C=O) groups is 1. The third-order valence-corrected chi connectivity index (χ3v) is 5.76. The van der Waals surface area contributed by atoms with Gasteiger partial charge in [-0.1, -0.05) is 30.3 Å². The molecule has 2 heteroatoms. The smallest absolute Gasteiger partial charge is 0.309 e. The first-order chi connectivity index (χ1) is 8.71. The fourth-order valence-electron chi connectivity index (χ4n) is 5.33. The second-order valence-corrected chi connectivity index (χ2v) is 6.51. The van der Waals surface area contributed by atoms with Gasteiger partial charge in [0.2, 0.25) is 0 Å². The monoisotopic (exact) mass is 242 g/mol. The Hall–Kier alpha value is -1.31. The van der Waals surface area contributed by atoms with Gasteiger partial charge in [0.25, 0.3) is 0 Å². The lowest BCUT2D eigenvalue weighted by Crippen LogP contribution is -2.32. The van der Waals surface area contributed by atoms with Crippen LogP contribution in [0.5, 0.6) is 0 Å². The van der Waals surface area contributed by atoms with E-state index in [1.54, 1.807) is 0 Å². The molecule has 5 rings (SSSR count). The van der Waals surface area contributed by atoms with Gasteiger partial charge in [-0.05, 0) is 54.9 Å². The van der Waals surface area contributed by atoms with Gasteiger partial charge in [0, 0.05) is 0 Å². The van der Waals surface area contributed by atoms with Crippen molar-refractivity contribution in [3.63, 3.8) is 0 Å². The molecule has 4 fully saturated rings. The lowest BCUT2D eigenvalue weighted by molar-refractivity contribution is -0.151. The maximum absolute atomic E-state index is 11.7. The van der Waals surface area contributed by atoms with Crippen molar-refractivity contribution in [2.75, 3.05) is 0 Å². The molecule has 4 aliphatic rings. The van der Waals surface area contributed by atoms with Gasteiger partial charge in [0.1, 0.15) is 0 Å². The van der Waals surface area contributed by atoms with Crippen LogP contribution < -0.4 is 0 Å². The summed E-state index contributed by atoms with van der Waals surface area (Å²) in [7, 11) is 0. The summed E-state index contributed by atoms with van der Waals surface area (Å²) in [5, 5.41) is 9.68.